The van der Waals surface area contributed by atoms with Crippen molar-refractivity contribution >= 4 is 5.78 Å². The molecule has 0 saturated heterocycles. The van der Waals surface area contributed by atoms with Gasteiger partial charge in [-0.2, -0.15) is 0 Å². The molecule has 1 nitrogen and oxygen atoms in total. The Balaban J connectivity index is 1.74. The molecule has 108 valence electrons. The summed E-state index contributed by atoms with van der Waals surface area (Å²) >= 11 is 0. The lowest BCUT2D eigenvalue weighted by Gasteiger charge is -2.48. The predicted octanol–water partition coefficient (Wildman–Crippen LogP) is 4.83. The molecule has 2 fully saturated rings. The molecule has 0 aromatic carbocycles. The van der Waals surface area contributed by atoms with Gasteiger partial charge in [0.1, 0.15) is 0 Å². The summed E-state index contributed by atoms with van der Waals surface area (Å²) in [7, 11) is 0. The Labute approximate surface area is 122 Å². The van der Waals surface area contributed by atoms with E-state index in [1.54, 1.807) is 11.1 Å². The zero-order chi connectivity index (χ0) is 13.9. The Morgan fingerprint density at radius 2 is 1.95 bits per heavy atom. The van der Waals surface area contributed by atoms with E-state index < -0.39 is 0 Å². The summed E-state index contributed by atoms with van der Waals surface area (Å²) in [5, 5.41) is 0. The molecule has 0 radical (unpaired) electrons. The molecule has 4 aliphatic carbocycles. The minimum absolute atomic E-state index is 0.359. The summed E-state index contributed by atoms with van der Waals surface area (Å²) in [6.07, 6.45) is 11.8. The minimum atomic E-state index is 0.359. The van der Waals surface area contributed by atoms with Crippen molar-refractivity contribution in [2.24, 2.45) is 23.2 Å². The van der Waals surface area contributed by atoms with E-state index in [4.69, 9.17) is 0 Å². The molecule has 4 rings (SSSR count). The van der Waals surface area contributed by atoms with Crippen LogP contribution in [-0.4, -0.2) is 5.78 Å². The highest BCUT2D eigenvalue weighted by Crippen LogP contribution is 2.61. The minimum Gasteiger partial charge on any atom is -0.295 e. The maximum Gasteiger partial charge on any atom is 0.156 e. The largest absolute Gasteiger partial charge is 0.295 e. The van der Waals surface area contributed by atoms with Crippen LogP contribution < -0.4 is 0 Å². The average Bonchev–Trinajstić information content (AvgIpc) is 2.74. The first-order valence-corrected chi connectivity index (χ1v) is 8.55. The summed E-state index contributed by atoms with van der Waals surface area (Å²) < 4.78 is 0. The third kappa shape index (κ3) is 1.64. The Hall–Kier alpha value is -0.850. The molecule has 1 heteroatoms. The van der Waals surface area contributed by atoms with Crippen LogP contribution in [0.2, 0.25) is 0 Å². The van der Waals surface area contributed by atoms with Gasteiger partial charge in [-0.15, -0.1) is 0 Å². The highest BCUT2D eigenvalue weighted by Gasteiger charge is 2.51. The normalized spacial score (nSPS) is 43.8. The second-order valence-corrected chi connectivity index (χ2v) is 7.88. The van der Waals surface area contributed by atoms with Gasteiger partial charge in [0.2, 0.25) is 0 Å². The van der Waals surface area contributed by atoms with Crippen LogP contribution in [0.3, 0.4) is 0 Å². The van der Waals surface area contributed by atoms with E-state index in [1.165, 1.54) is 37.7 Å². The van der Waals surface area contributed by atoms with Gasteiger partial charge in [-0.1, -0.05) is 19.4 Å². The topological polar surface area (TPSA) is 17.1 Å². The maximum absolute atomic E-state index is 11.7. The Morgan fingerprint density at radius 1 is 1.10 bits per heavy atom. The monoisotopic (exact) mass is 270 g/mol. The number of ketones is 1. The van der Waals surface area contributed by atoms with E-state index >= 15 is 0 Å². The van der Waals surface area contributed by atoms with E-state index in [2.05, 4.69) is 13.8 Å². The predicted molar refractivity (Wildman–Crippen MR) is 81.3 cm³/mol. The van der Waals surface area contributed by atoms with E-state index in [9.17, 15) is 4.79 Å². The fraction of sp³-hybridized carbons (Fsp3) is 0.737. The van der Waals surface area contributed by atoms with Crippen LogP contribution in [0.1, 0.15) is 65.2 Å². The lowest BCUT2D eigenvalue weighted by atomic mass is 9.56. The molecule has 4 unspecified atom stereocenters. The molecular formula is C19H26O. The van der Waals surface area contributed by atoms with Crippen molar-refractivity contribution in [3.8, 4) is 0 Å². The molecule has 0 amide bonds. The number of hydrogen-bond donors (Lipinski definition) is 0. The van der Waals surface area contributed by atoms with Crippen molar-refractivity contribution in [3.63, 3.8) is 0 Å². The summed E-state index contributed by atoms with van der Waals surface area (Å²) in [6, 6.07) is 0. The Morgan fingerprint density at radius 3 is 2.80 bits per heavy atom. The summed E-state index contributed by atoms with van der Waals surface area (Å²) in [6.45, 7) is 5.04. The molecular weight excluding hydrogens is 244 g/mol. The van der Waals surface area contributed by atoms with E-state index in [1.807, 2.05) is 6.08 Å². The SMILES string of the molecule is CC1CCC2C3CCC4=CC(=O)CCC4=C3CCC12C. The second-order valence-electron chi connectivity index (χ2n) is 7.88. The van der Waals surface area contributed by atoms with E-state index in [-0.39, 0.29) is 0 Å². The van der Waals surface area contributed by atoms with Gasteiger partial charge in [-0.25, -0.2) is 0 Å². The lowest BCUT2D eigenvalue weighted by Crippen LogP contribution is -2.39. The average molecular weight is 270 g/mol. The molecule has 0 aliphatic heterocycles. The fourth-order valence-corrected chi connectivity index (χ4v) is 5.79. The Bertz CT molecular complexity index is 524. The van der Waals surface area contributed by atoms with Crippen LogP contribution in [0.5, 0.6) is 0 Å². The molecule has 2 saturated carbocycles. The number of carbonyl (C=O) groups is 1. The fourth-order valence-electron chi connectivity index (χ4n) is 5.79. The first kappa shape index (κ1) is 12.9. The third-order valence-corrected chi connectivity index (χ3v) is 7.21. The van der Waals surface area contributed by atoms with Crippen molar-refractivity contribution < 1.29 is 4.79 Å². The van der Waals surface area contributed by atoms with Crippen molar-refractivity contribution in [2.45, 2.75) is 65.2 Å². The van der Waals surface area contributed by atoms with Gasteiger partial charge < -0.3 is 0 Å². The highest BCUT2D eigenvalue weighted by molar-refractivity contribution is 5.93. The quantitative estimate of drug-likeness (QED) is 0.616. The van der Waals surface area contributed by atoms with Gasteiger partial charge in [0.25, 0.3) is 0 Å². The second kappa shape index (κ2) is 4.32. The van der Waals surface area contributed by atoms with Crippen LogP contribution in [0.4, 0.5) is 0 Å². The van der Waals surface area contributed by atoms with Crippen molar-refractivity contribution in [1.82, 2.24) is 0 Å². The zero-order valence-electron chi connectivity index (χ0n) is 12.9. The van der Waals surface area contributed by atoms with Gasteiger partial charge in [0, 0.05) is 6.42 Å². The summed E-state index contributed by atoms with van der Waals surface area (Å²) in [4.78, 5) is 11.7. The Kier molecular flexibility index (Phi) is 2.78. The number of allylic oxidation sites excluding steroid dienone is 4. The molecule has 0 aromatic rings. The van der Waals surface area contributed by atoms with Crippen LogP contribution in [0.25, 0.3) is 0 Å². The number of hydrogen-bond acceptors (Lipinski definition) is 1. The molecule has 4 aliphatic rings. The molecule has 20 heavy (non-hydrogen) atoms. The molecule has 0 heterocycles. The van der Waals surface area contributed by atoms with Gasteiger partial charge in [-0.05, 0) is 85.3 Å². The standard InChI is InChI=1S/C19H26O/c1-12-3-8-18-17-6-4-13-11-14(20)5-7-15(13)16(17)9-10-19(12,18)2/h11-12,17-18H,3-10H2,1-2H3. The van der Waals surface area contributed by atoms with Gasteiger partial charge in [-0.3, -0.25) is 4.79 Å². The van der Waals surface area contributed by atoms with Crippen LogP contribution in [0.15, 0.2) is 22.8 Å². The number of fused-ring (bicyclic) bond motifs is 4. The van der Waals surface area contributed by atoms with Crippen molar-refractivity contribution in [2.75, 3.05) is 0 Å². The maximum atomic E-state index is 11.7. The van der Waals surface area contributed by atoms with Gasteiger partial charge in [0.15, 0.2) is 5.78 Å². The molecule has 0 spiro atoms. The number of carbonyl (C=O) groups excluding carboxylic acids is 1. The molecule has 4 atom stereocenters. The highest BCUT2D eigenvalue weighted by atomic mass is 16.1. The lowest BCUT2D eigenvalue weighted by molar-refractivity contribution is -0.114. The van der Waals surface area contributed by atoms with Crippen molar-refractivity contribution in [1.29, 1.82) is 0 Å². The zero-order valence-corrected chi connectivity index (χ0v) is 12.9. The molecule has 0 aromatic heterocycles. The number of rotatable bonds is 0. The van der Waals surface area contributed by atoms with Crippen LogP contribution >= 0.6 is 0 Å². The molecule has 0 N–H and O–H groups in total. The van der Waals surface area contributed by atoms with Crippen molar-refractivity contribution in [3.05, 3.63) is 22.8 Å². The van der Waals surface area contributed by atoms with Gasteiger partial charge >= 0.3 is 0 Å². The first-order valence-electron chi connectivity index (χ1n) is 8.55. The third-order valence-electron chi connectivity index (χ3n) is 7.21. The smallest absolute Gasteiger partial charge is 0.156 e. The summed E-state index contributed by atoms with van der Waals surface area (Å²) in [5.74, 6) is 3.04. The van der Waals surface area contributed by atoms with Crippen LogP contribution in [0, 0.1) is 23.2 Å². The molecule has 0 bridgehead atoms. The van der Waals surface area contributed by atoms with Crippen LogP contribution in [-0.2, 0) is 4.79 Å². The first-order chi connectivity index (χ1) is 9.59. The van der Waals surface area contributed by atoms with E-state index in [0.29, 0.717) is 11.2 Å². The van der Waals surface area contributed by atoms with E-state index in [0.717, 1.165) is 37.0 Å². The summed E-state index contributed by atoms with van der Waals surface area (Å²) in [5.41, 5.74) is 5.39. The van der Waals surface area contributed by atoms with Gasteiger partial charge in [0.05, 0.1) is 0 Å².